The summed E-state index contributed by atoms with van der Waals surface area (Å²) in [7, 11) is 0.753. The lowest BCUT2D eigenvalue weighted by molar-refractivity contribution is -0.388. The number of nitrogens with zero attached hydrogens (tertiary/aromatic N) is 3. The molecule has 1 rings (SSSR count). The van der Waals surface area contributed by atoms with Gasteiger partial charge in [-0.15, -0.1) is 0 Å². The molecule has 0 aliphatic heterocycles. The second-order valence-electron chi connectivity index (χ2n) is 3.93. The first-order valence-electron chi connectivity index (χ1n) is 5.07. The molecule has 0 aliphatic rings. The molecule has 8 heteroatoms. The van der Waals surface area contributed by atoms with Crippen LogP contribution < -0.4 is 5.32 Å². The summed E-state index contributed by atoms with van der Waals surface area (Å²) in [5.74, 6) is 1.15. The Labute approximate surface area is 102 Å². The highest BCUT2D eigenvalue weighted by molar-refractivity contribution is 7.84. The Kier molecular flexibility index (Phi) is 4.22. The molecule has 17 heavy (non-hydrogen) atoms. The topological polar surface area (TPSA) is 90.1 Å². The highest BCUT2D eigenvalue weighted by Crippen LogP contribution is 2.24. The maximum Gasteiger partial charge on any atom is 0.406 e. The predicted octanol–water partition coefficient (Wildman–Crippen LogP) is 0.816. The lowest BCUT2D eigenvalue weighted by Crippen LogP contribution is -2.24. The molecule has 0 spiro atoms. The van der Waals surface area contributed by atoms with E-state index in [1.165, 1.54) is 0 Å². The van der Waals surface area contributed by atoms with Gasteiger partial charge in [-0.1, -0.05) is 0 Å². The van der Waals surface area contributed by atoms with Crippen molar-refractivity contribution in [3.05, 3.63) is 15.9 Å². The summed E-state index contributed by atoms with van der Waals surface area (Å²) in [6, 6.07) is -0.116. The summed E-state index contributed by atoms with van der Waals surface area (Å²) in [6.07, 6.45) is 1.60. The molecule has 0 saturated carbocycles. The fourth-order valence-corrected chi connectivity index (χ4v) is 2.30. The van der Waals surface area contributed by atoms with Gasteiger partial charge < -0.3 is 15.4 Å². The zero-order chi connectivity index (χ0) is 13.2. The predicted molar refractivity (Wildman–Crippen MR) is 66.6 cm³/mol. The average Bonchev–Trinajstić information content (AvgIpc) is 2.44. The van der Waals surface area contributed by atoms with E-state index in [4.69, 9.17) is 0 Å². The lowest BCUT2D eigenvalue weighted by atomic mass is 10.4. The molecule has 0 aliphatic carbocycles. The number of rotatable bonds is 5. The quantitative estimate of drug-likeness (QED) is 0.625. The number of aromatic nitrogens is 2. The van der Waals surface area contributed by atoms with Gasteiger partial charge in [-0.05, 0) is 16.8 Å². The smallest absolute Gasteiger partial charge is 0.361 e. The second kappa shape index (κ2) is 5.26. The van der Waals surface area contributed by atoms with Crippen molar-refractivity contribution in [3.8, 4) is 0 Å². The van der Waals surface area contributed by atoms with Crippen molar-refractivity contribution in [2.75, 3.05) is 17.3 Å². The molecule has 2 unspecified atom stereocenters. The Bertz CT molecular complexity index is 457. The number of imidazole rings is 1. The Morgan fingerprint density at radius 2 is 2.24 bits per heavy atom. The molecule has 7 nitrogen and oxygen atoms in total. The highest BCUT2D eigenvalue weighted by atomic mass is 32.2. The monoisotopic (exact) mass is 260 g/mol. The molecule has 1 aromatic rings. The molecule has 1 heterocycles. The van der Waals surface area contributed by atoms with Crippen molar-refractivity contribution < 1.29 is 9.13 Å². The fourth-order valence-electron chi connectivity index (χ4n) is 1.51. The van der Waals surface area contributed by atoms with E-state index in [9.17, 15) is 14.3 Å². The van der Waals surface area contributed by atoms with Crippen LogP contribution in [0.25, 0.3) is 0 Å². The SMILES string of the molecule is Cc1nc([N+](=O)[O-])c(NC(C)CS(C)=O)n1C. The molecule has 0 radical (unpaired) electrons. The standard InChI is InChI=1S/C9H16N4O3S/c1-6(5-17(4)16)10-8-9(13(14)15)11-7(2)12(8)3/h6,10H,5H2,1-4H3. The van der Waals surface area contributed by atoms with Gasteiger partial charge in [0.15, 0.2) is 0 Å². The normalized spacial score (nSPS) is 14.4. The van der Waals surface area contributed by atoms with Gasteiger partial charge in [0.25, 0.3) is 0 Å². The molecule has 1 N–H and O–H groups in total. The van der Waals surface area contributed by atoms with Crippen LogP contribution in [0.15, 0.2) is 0 Å². The van der Waals surface area contributed by atoms with E-state index < -0.39 is 15.7 Å². The summed E-state index contributed by atoms with van der Waals surface area (Å²) < 4.78 is 12.7. The molecule has 96 valence electrons. The van der Waals surface area contributed by atoms with E-state index >= 15 is 0 Å². The van der Waals surface area contributed by atoms with E-state index in [2.05, 4.69) is 10.3 Å². The molecule has 1 aromatic heterocycles. The molecule has 0 bridgehead atoms. The average molecular weight is 260 g/mol. The van der Waals surface area contributed by atoms with E-state index in [0.717, 1.165) is 0 Å². The minimum Gasteiger partial charge on any atom is -0.361 e. The van der Waals surface area contributed by atoms with Crippen molar-refractivity contribution in [2.24, 2.45) is 7.05 Å². The van der Waals surface area contributed by atoms with Crippen LogP contribution in [-0.2, 0) is 17.8 Å². The minimum atomic E-state index is -0.948. The van der Waals surface area contributed by atoms with Crippen LogP contribution in [0, 0.1) is 17.0 Å². The van der Waals surface area contributed by atoms with Crippen LogP contribution in [0.2, 0.25) is 0 Å². The van der Waals surface area contributed by atoms with Crippen LogP contribution in [-0.4, -0.2) is 36.7 Å². The number of anilines is 1. The summed E-state index contributed by atoms with van der Waals surface area (Å²) in [6.45, 7) is 3.52. The van der Waals surface area contributed by atoms with Gasteiger partial charge in [0.05, 0.1) is 0 Å². The number of nitrogens with one attached hydrogen (secondary N) is 1. The number of aryl methyl sites for hydroxylation is 1. The summed E-state index contributed by atoms with van der Waals surface area (Å²) in [5, 5.41) is 13.8. The summed E-state index contributed by atoms with van der Waals surface area (Å²) >= 11 is 0. The van der Waals surface area contributed by atoms with Crippen LogP contribution in [0.1, 0.15) is 12.7 Å². The first-order valence-corrected chi connectivity index (χ1v) is 6.80. The van der Waals surface area contributed by atoms with Crippen molar-refractivity contribution in [1.29, 1.82) is 0 Å². The second-order valence-corrected chi connectivity index (χ2v) is 5.41. The third kappa shape index (κ3) is 3.26. The van der Waals surface area contributed by atoms with Gasteiger partial charge in [-0.25, -0.2) is 0 Å². The minimum absolute atomic E-state index is 0.116. The van der Waals surface area contributed by atoms with Crippen LogP contribution in [0.3, 0.4) is 0 Å². The van der Waals surface area contributed by atoms with Gasteiger partial charge in [-0.3, -0.25) is 8.78 Å². The maximum atomic E-state index is 11.1. The Morgan fingerprint density at radius 3 is 2.71 bits per heavy atom. The third-order valence-corrected chi connectivity index (χ3v) is 3.31. The molecule has 0 amide bonds. The molecular weight excluding hydrogens is 244 g/mol. The first-order chi connectivity index (χ1) is 7.82. The first kappa shape index (κ1) is 13.6. The summed E-state index contributed by atoms with van der Waals surface area (Å²) in [4.78, 5) is 14.2. The van der Waals surface area contributed by atoms with Crippen molar-refractivity contribution in [2.45, 2.75) is 19.9 Å². The molecule has 0 aromatic carbocycles. The van der Waals surface area contributed by atoms with E-state index in [1.54, 1.807) is 24.8 Å². The van der Waals surface area contributed by atoms with Gasteiger partial charge >= 0.3 is 5.82 Å². The Hall–Kier alpha value is -1.44. The van der Waals surface area contributed by atoms with Crippen molar-refractivity contribution in [1.82, 2.24) is 9.55 Å². The summed E-state index contributed by atoms with van der Waals surface area (Å²) in [5.41, 5.74) is 0. The van der Waals surface area contributed by atoms with Gasteiger partial charge in [0, 0.05) is 42.8 Å². The zero-order valence-electron chi connectivity index (χ0n) is 10.3. The molecular formula is C9H16N4O3S. The van der Waals surface area contributed by atoms with Crippen LogP contribution in [0.4, 0.5) is 11.6 Å². The number of hydrogen-bond donors (Lipinski definition) is 1. The zero-order valence-corrected chi connectivity index (χ0v) is 11.1. The third-order valence-electron chi connectivity index (χ3n) is 2.34. The largest absolute Gasteiger partial charge is 0.406 e. The lowest BCUT2D eigenvalue weighted by Gasteiger charge is -2.13. The van der Waals surface area contributed by atoms with Crippen LogP contribution >= 0.6 is 0 Å². The van der Waals surface area contributed by atoms with Gasteiger partial charge in [0.2, 0.25) is 11.6 Å². The fraction of sp³-hybridized carbons (Fsp3) is 0.667. The number of hydrogen-bond acceptors (Lipinski definition) is 5. The number of nitro groups is 1. The van der Waals surface area contributed by atoms with Crippen molar-refractivity contribution >= 4 is 22.4 Å². The van der Waals surface area contributed by atoms with Crippen LogP contribution in [0.5, 0.6) is 0 Å². The Morgan fingerprint density at radius 1 is 1.65 bits per heavy atom. The molecule has 0 saturated heterocycles. The van der Waals surface area contributed by atoms with Gasteiger partial charge in [-0.2, -0.15) is 0 Å². The molecule has 0 fully saturated rings. The maximum absolute atomic E-state index is 11.1. The molecule has 2 atom stereocenters. The van der Waals surface area contributed by atoms with Gasteiger partial charge in [0.1, 0.15) is 0 Å². The Balaban J connectivity index is 2.96. The van der Waals surface area contributed by atoms with Crippen molar-refractivity contribution in [3.63, 3.8) is 0 Å². The van der Waals surface area contributed by atoms with E-state index in [-0.39, 0.29) is 11.9 Å². The highest BCUT2D eigenvalue weighted by Gasteiger charge is 2.24. The van der Waals surface area contributed by atoms with E-state index in [0.29, 0.717) is 17.4 Å². The van der Waals surface area contributed by atoms with E-state index in [1.807, 2.05) is 6.92 Å².